The van der Waals surface area contributed by atoms with E-state index in [9.17, 15) is 19.2 Å². The first-order valence-electron chi connectivity index (χ1n) is 21.1. The fourth-order valence-electron chi connectivity index (χ4n) is 9.21. The number of imidazole rings is 2. The van der Waals surface area contributed by atoms with Crippen molar-refractivity contribution in [3.8, 4) is 33.6 Å². The number of hydrogen-bond acceptors (Lipinski definition) is 10. The van der Waals surface area contributed by atoms with E-state index >= 15 is 0 Å². The van der Waals surface area contributed by atoms with Gasteiger partial charge in [0.2, 0.25) is 11.8 Å². The SMILES string of the molecule is COC(=O)NC(C(=O)N1CCC[C@H]1c1ncc(-c2ccc(-c3ccc(-c4cnc([C@@H]5CCCN5C(=O)C(NC(=O)OC)C5CCOCC5)[nH]4)cc3)cc2)[nH]1)C1CCOCC1. The molecule has 8 rings (SSSR count). The van der Waals surface area contributed by atoms with Crippen molar-refractivity contribution in [2.24, 2.45) is 11.8 Å². The molecular formula is C44H54N8O8. The van der Waals surface area contributed by atoms with E-state index in [0.717, 1.165) is 71.0 Å². The number of methoxy groups -OCH3 is 2. The highest BCUT2D eigenvalue weighted by Crippen LogP contribution is 2.36. The number of aromatic amines is 2. The summed E-state index contributed by atoms with van der Waals surface area (Å²) >= 11 is 0. The van der Waals surface area contributed by atoms with Crippen LogP contribution in [0.15, 0.2) is 60.9 Å². The van der Waals surface area contributed by atoms with Gasteiger partial charge in [0.15, 0.2) is 0 Å². The molecule has 318 valence electrons. The molecule has 6 heterocycles. The number of carbonyl (C=O) groups is 4. The van der Waals surface area contributed by atoms with Gasteiger partial charge in [0.1, 0.15) is 23.7 Å². The predicted octanol–water partition coefficient (Wildman–Crippen LogP) is 5.76. The fourth-order valence-corrected chi connectivity index (χ4v) is 9.21. The zero-order valence-electron chi connectivity index (χ0n) is 34.2. The van der Waals surface area contributed by atoms with Crippen LogP contribution in [-0.4, -0.2) is 120 Å². The number of nitrogens with one attached hydrogen (secondary N) is 4. The van der Waals surface area contributed by atoms with Gasteiger partial charge in [0.05, 0.1) is 50.1 Å². The zero-order valence-corrected chi connectivity index (χ0v) is 34.2. The van der Waals surface area contributed by atoms with Crippen LogP contribution < -0.4 is 10.6 Å². The van der Waals surface area contributed by atoms with Crippen molar-refractivity contribution in [3.05, 3.63) is 72.6 Å². The van der Waals surface area contributed by atoms with Gasteiger partial charge in [-0.25, -0.2) is 19.6 Å². The molecule has 16 nitrogen and oxygen atoms in total. The lowest BCUT2D eigenvalue weighted by atomic mass is 9.90. The van der Waals surface area contributed by atoms with Crippen LogP contribution in [0.1, 0.15) is 75.1 Å². The summed E-state index contributed by atoms with van der Waals surface area (Å²) in [5.41, 5.74) is 5.77. The summed E-state index contributed by atoms with van der Waals surface area (Å²) in [5, 5.41) is 5.62. The third kappa shape index (κ3) is 8.89. The molecule has 4 aliphatic heterocycles. The average Bonchev–Trinajstić information content (AvgIpc) is 4.15. The van der Waals surface area contributed by atoms with Crippen molar-refractivity contribution in [1.82, 2.24) is 40.4 Å². The molecule has 16 heteroatoms. The molecule has 0 saturated carbocycles. The second-order valence-electron chi connectivity index (χ2n) is 16.0. The fraction of sp³-hybridized carbons (Fsp3) is 0.500. The van der Waals surface area contributed by atoms with E-state index in [1.165, 1.54) is 14.2 Å². The van der Waals surface area contributed by atoms with Gasteiger partial charge in [-0.05, 0) is 85.5 Å². The lowest BCUT2D eigenvalue weighted by molar-refractivity contribution is -0.137. The number of alkyl carbamates (subject to hydrolysis) is 2. The minimum Gasteiger partial charge on any atom is -0.453 e. The first-order chi connectivity index (χ1) is 29.3. The van der Waals surface area contributed by atoms with Gasteiger partial charge >= 0.3 is 12.2 Å². The Kier molecular flexibility index (Phi) is 12.8. The maximum atomic E-state index is 14.0. The summed E-state index contributed by atoms with van der Waals surface area (Å²) in [6.07, 6.45) is 8.40. The molecule has 4 saturated heterocycles. The third-order valence-corrected chi connectivity index (χ3v) is 12.5. The maximum Gasteiger partial charge on any atom is 0.407 e. The van der Waals surface area contributed by atoms with Crippen LogP contribution in [-0.2, 0) is 28.5 Å². The van der Waals surface area contributed by atoms with Gasteiger partial charge in [0.25, 0.3) is 0 Å². The van der Waals surface area contributed by atoms with E-state index in [1.807, 2.05) is 22.2 Å². The predicted molar refractivity (Wildman–Crippen MR) is 220 cm³/mol. The van der Waals surface area contributed by atoms with Crippen molar-refractivity contribution >= 4 is 24.0 Å². The molecule has 2 aromatic carbocycles. The van der Waals surface area contributed by atoms with Crippen molar-refractivity contribution in [1.29, 1.82) is 0 Å². The smallest absolute Gasteiger partial charge is 0.407 e. The van der Waals surface area contributed by atoms with Gasteiger partial charge in [0, 0.05) is 39.5 Å². The summed E-state index contributed by atoms with van der Waals surface area (Å²) in [6.45, 7) is 3.41. The second kappa shape index (κ2) is 18.7. The highest BCUT2D eigenvalue weighted by Gasteiger charge is 2.41. The maximum absolute atomic E-state index is 14.0. The summed E-state index contributed by atoms with van der Waals surface area (Å²) in [6, 6.07) is 14.7. The third-order valence-electron chi connectivity index (χ3n) is 12.5. The van der Waals surface area contributed by atoms with Crippen LogP contribution in [0.5, 0.6) is 0 Å². The highest BCUT2D eigenvalue weighted by molar-refractivity contribution is 5.87. The molecule has 4 N–H and O–H groups in total. The Morgan fingerprint density at radius 2 is 0.967 bits per heavy atom. The summed E-state index contributed by atoms with van der Waals surface area (Å²) in [5.74, 6) is 1.16. The quantitative estimate of drug-likeness (QED) is 0.145. The van der Waals surface area contributed by atoms with Crippen LogP contribution in [0.3, 0.4) is 0 Å². The van der Waals surface area contributed by atoms with Crippen molar-refractivity contribution in [3.63, 3.8) is 0 Å². The summed E-state index contributed by atoms with van der Waals surface area (Å²) < 4.78 is 20.8. The Morgan fingerprint density at radius 1 is 0.600 bits per heavy atom. The summed E-state index contributed by atoms with van der Waals surface area (Å²) in [4.78, 5) is 72.5. The Morgan fingerprint density at radius 3 is 1.33 bits per heavy atom. The molecule has 0 aliphatic carbocycles. The molecule has 4 aliphatic rings. The molecule has 0 bridgehead atoms. The summed E-state index contributed by atoms with van der Waals surface area (Å²) in [7, 11) is 2.61. The number of rotatable bonds is 11. The van der Waals surface area contributed by atoms with Crippen molar-refractivity contribution < 1.29 is 38.1 Å². The first-order valence-corrected chi connectivity index (χ1v) is 21.1. The van der Waals surface area contributed by atoms with Crippen LogP contribution in [0.4, 0.5) is 9.59 Å². The lowest BCUT2D eigenvalue weighted by Crippen LogP contribution is -2.53. The van der Waals surface area contributed by atoms with Crippen molar-refractivity contribution in [2.45, 2.75) is 75.5 Å². The molecule has 2 unspecified atom stereocenters. The normalized spacial score (nSPS) is 21.0. The number of H-pyrrole nitrogens is 2. The van der Waals surface area contributed by atoms with Gasteiger partial charge in [-0.15, -0.1) is 0 Å². The Hall–Kier alpha value is -5.74. The molecule has 2 aromatic heterocycles. The van der Waals surface area contributed by atoms with E-state index in [2.05, 4.69) is 69.1 Å². The highest BCUT2D eigenvalue weighted by atomic mass is 16.5. The van der Waals surface area contributed by atoms with Gasteiger partial charge in [-0.2, -0.15) is 0 Å². The topological polar surface area (TPSA) is 193 Å². The molecular weight excluding hydrogens is 769 g/mol. The molecule has 0 radical (unpaired) electrons. The zero-order chi connectivity index (χ0) is 41.6. The van der Waals surface area contributed by atoms with Crippen LogP contribution in [0.2, 0.25) is 0 Å². The van der Waals surface area contributed by atoms with Crippen molar-refractivity contribution in [2.75, 3.05) is 53.7 Å². The monoisotopic (exact) mass is 822 g/mol. The van der Waals surface area contributed by atoms with Gasteiger partial charge in [-0.1, -0.05) is 48.5 Å². The second-order valence-corrected chi connectivity index (χ2v) is 16.0. The van der Waals surface area contributed by atoms with E-state index in [4.69, 9.17) is 28.9 Å². The van der Waals surface area contributed by atoms with E-state index in [1.54, 1.807) is 0 Å². The molecule has 4 aromatic rings. The minimum atomic E-state index is -0.685. The number of hydrogen-bond donors (Lipinski definition) is 4. The molecule has 4 fully saturated rings. The number of ether oxygens (including phenoxy) is 4. The number of aromatic nitrogens is 4. The van der Waals surface area contributed by atoms with E-state index in [0.29, 0.717) is 65.2 Å². The Bertz CT molecular complexity index is 1960. The molecule has 4 amide bonds. The Labute approximate surface area is 349 Å². The molecule has 0 spiro atoms. The van der Waals surface area contributed by atoms with E-state index < -0.39 is 24.3 Å². The number of likely N-dealkylation sites (tertiary alicyclic amines) is 2. The largest absolute Gasteiger partial charge is 0.453 e. The number of amides is 4. The first kappa shape index (κ1) is 41.0. The van der Waals surface area contributed by atoms with Gasteiger partial charge in [-0.3, -0.25) is 9.59 Å². The molecule has 4 atom stereocenters. The lowest BCUT2D eigenvalue weighted by Gasteiger charge is -2.34. The van der Waals surface area contributed by atoms with Crippen LogP contribution in [0.25, 0.3) is 33.6 Å². The van der Waals surface area contributed by atoms with Crippen LogP contribution >= 0.6 is 0 Å². The van der Waals surface area contributed by atoms with E-state index in [-0.39, 0.29) is 35.7 Å². The standard InChI is InChI=1S/C44H54N8O8/c1-57-43(55)49-37(31-15-21-59-22-16-31)41(53)51-19-3-5-35(51)39-45-25-33(47-39)29-11-7-27(8-12-29)28-9-13-30(14-10-28)34-26-46-40(48-34)36-6-4-20-52(36)42(54)38(50-44(56)58-2)32-17-23-60-24-18-32/h7-14,25-26,31-32,35-38H,3-6,15-24H2,1-2H3,(H,45,47)(H,46,48)(H,49,55)(H,50,56)/t35-,36-,37?,38?/m0/s1. The van der Waals surface area contributed by atoms with Gasteiger partial charge < -0.3 is 49.3 Å². The van der Waals surface area contributed by atoms with Crippen LogP contribution in [0, 0.1) is 11.8 Å². The average molecular weight is 823 g/mol. The molecule has 60 heavy (non-hydrogen) atoms. The Balaban J connectivity index is 0.913. The minimum absolute atomic E-state index is 0.0284. The number of carbonyl (C=O) groups excluding carboxylic acids is 4. The number of benzene rings is 2. The number of nitrogens with zero attached hydrogens (tertiary/aromatic N) is 4.